The molecule has 1 fully saturated rings. The fourth-order valence-electron chi connectivity index (χ4n) is 1.30. The van der Waals surface area contributed by atoms with E-state index < -0.39 is 18.4 Å². The van der Waals surface area contributed by atoms with Crippen LogP contribution in [0.1, 0.15) is 19.3 Å². The Labute approximate surface area is 96.8 Å². The fraction of sp³-hybridized carbons (Fsp3) is 0.818. The van der Waals surface area contributed by atoms with Crippen LogP contribution in [0.4, 0.5) is 0 Å². The quantitative estimate of drug-likeness (QED) is 0.436. The average Bonchev–Trinajstić information content (AvgIpc) is 2.84. The number of carbonyl (C=O) groups is 1. The van der Waals surface area contributed by atoms with Gasteiger partial charge in [-0.1, -0.05) is 0 Å². The summed E-state index contributed by atoms with van der Waals surface area (Å²) in [4.78, 5) is 18.5. The van der Waals surface area contributed by atoms with Gasteiger partial charge in [-0.3, -0.25) is 0 Å². The maximum absolute atomic E-state index is 11.7. The molecule has 0 aliphatic heterocycles. The molecule has 1 saturated carbocycles. The molecule has 0 aromatic heterocycles. The standard InChI is InChI=1S/C8H13N2O.3CH3.Sn/c1-7(11)10(2)9-6-5-8-3-4-8;;;;/h6,8H,1,3-5H2,2H3;3*1H3;. The molecule has 0 heterocycles. The van der Waals surface area contributed by atoms with Crippen molar-refractivity contribution in [1.29, 1.82) is 0 Å². The molecule has 0 aromatic carbocycles. The van der Waals surface area contributed by atoms with E-state index in [1.807, 2.05) is 6.21 Å². The van der Waals surface area contributed by atoms with Gasteiger partial charge in [0.05, 0.1) is 0 Å². The summed E-state index contributed by atoms with van der Waals surface area (Å²) >= 11 is -1.98. The van der Waals surface area contributed by atoms with Crippen molar-refractivity contribution in [2.45, 2.75) is 38.5 Å². The molecule has 1 aliphatic carbocycles. The molecular weight excluding hydrogens is 295 g/mol. The van der Waals surface area contributed by atoms with Gasteiger partial charge in [-0.05, 0) is 0 Å². The van der Waals surface area contributed by atoms with Gasteiger partial charge in [-0.2, -0.15) is 0 Å². The molecule has 1 aliphatic rings. The van der Waals surface area contributed by atoms with Gasteiger partial charge in [0.2, 0.25) is 0 Å². The van der Waals surface area contributed by atoms with Crippen LogP contribution in [-0.2, 0) is 4.79 Å². The van der Waals surface area contributed by atoms with Crippen LogP contribution in [0, 0.1) is 5.92 Å². The Morgan fingerprint density at radius 3 is 2.53 bits per heavy atom. The number of hydrogen-bond donors (Lipinski definition) is 0. The minimum atomic E-state index is -1.98. The Hall–Kier alpha value is -0.0613. The number of amides is 1. The molecule has 0 radical (unpaired) electrons. The first-order chi connectivity index (χ1) is 6.88. The Morgan fingerprint density at radius 1 is 1.47 bits per heavy atom. The Balaban J connectivity index is 2.28. The van der Waals surface area contributed by atoms with E-state index in [0.717, 1.165) is 16.8 Å². The Kier molecular flexibility index (Phi) is 4.61. The molecule has 3 nitrogen and oxygen atoms in total. The van der Waals surface area contributed by atoms with Crippen molar-refractivity contribution < 1.29 is 4.79 Å². The fourth-order valence-corrected chi connectivity index (χ4v) is 4.55. The third kappa shape index (κ3) is 6.17. The van der Waals surface area contributed by atoms with E-state index in [2.05, 4.69) is 19.9 Å². The zero-order valence-corrected chi connectivity index (χ0v) is 13.1. The summed E-state index contributed by atoms with van der Waals surface area (Å²) in [6, 6.07) is 0. The van der Waals surface area contributed by atoms with Gasteiger partial charge in [-0.25, -0.2) is 0 Å². The number of hydrogen-bond acceptors (Lipinski definition) is 2. The summed E-state index contributed by atoms with van der Waals surface area (Å²) in [5.74, 6) is 1.03. The molecule has 15 heavy (non-hydrogen) atoms. The Bertz CT molecular complexity index is 254. The van der Waals surface area contributed by atoms with Crippen molar-refractivity contribution in [2.24, 2.45) is 11.0 Å². The van der Waals surface area contributed by atoms with E-state index in [1.54, 1.807) is 7.05 Å². The van der Waals surface area contributed by atoms with E-state index >= 15 is 0 Å². The first-order valence-electron chi connectivity index (χ1n) is 5.67. The maximum atomic E-state index is 11.7. The van der Waals surface area contributed by atoms with Crippen molar-refractivity contribution in [1.82, 2.24) is 5.01 Å². The summed E-state index contributed by atoms with van der Waals surface area (Å²) in [6.07, 6.45) is 5.61. The molecule has 0 unspecified atom stereocenters. The van der Waals surface area contributed by atoms with Crippen LogP contribution in [0.3, 0.4) is 0 Å². The second kappa shape index (κ2) is 5.32. The average molecular weight is 317 g/mol. The van der Waals surface area contributed by atoms with Gasteiger partial charge in [0.1, 0.15) is 0 Å². The first-order valence-corrected chi connectivity index (χ1v) is 16.3. The van der Waals surface area contributed by atoms with Crippen molar-refractivity contribution in [3.05, 3.63) is 0 Å². The monoisotopic (exact) mass is 318 g/mol. The molecular formula is C11H22N2OSn. The van der Waals surface area contributed by atoms with Crippen molar-refractivity contribution in [3.63, 3.8) is 0 Å². The molecule has 0 N–H and O–H groups in total. The summed E-state index contributed by atoms with van der Waals surface area (Å²) in [6.45, 7) is 0. The van der Waals surface area contributed by atoms with Gasteiger partial charge >= 0.3 is 96.9 Å². The van der Waals surface area contributed by atoms with Gasteiger partial charge in [0.25, 0.3) is 0 Å². The van der Waals surface area contributed by atoms with E-state index in [9.17, 15) is 4.79 Å². The number of hydrazone groups is 1. The van der Waals surface area contributed by atoms with Crippen LogP contribution < -0.4 is 0 Å². The van der Waals surface area contributed by atoms with Crippen LogP contribution in [0.15, 0.2) is 5.10 Å². The van der Waals surface area contributed by atoms with Crippen LogP contribution in [-0.4, -0.2) is 42.6 Å². The third-order valence-corrected chi connectivity index (χ3v) is 6.32. The summed E-state index contributed by atoms with van der Waals surface area (Å²) in [5, 5.41) is 5.70. The number of carbonyl (C=O) groups excluding carboxylic acids is 1. The molecule has 0 spiro atoms. The minimum absolute atomic E-state index is 0.186. The summed E-state index contributed by atoms with van der Waals surface area (Å²) in [5.41, 5.74) is 0. The van der Waals surface area contributed by atoms with Gasteiger partial charge < -0.3 is 0 Å². The molecule has 4 heteroatoms. The zero-order chi connectivity index (χ0) is 11.5. The number of nitrogens with zero attached hydrogens (tertiary/aromatic N) is 2. The predicted octanol–water partition coefficient (Wildman–Crippen LogP) is 2.57. The van der Waals surface area contributed by atoms with Crippen LogP contribution >= 0.6 is 0 Å². The summed E-state index contributed by atoms with van der Waals surface area (Å²) < 4.78 is 0.756. The molecule has 1 rings (SSSR count). The second-order valence-corrected chi connectivity index (χ2v) is 21.3. The van der Waals surface area contributed by atoms with Crippen molar-refractivity contribution >= 4 is 30.5 Å². The van der Waals surface area contributed by atoms with E-state index in [1.165, 1.54) is 17.9 Å². The first kappa shape index (κ1) is 13.0. The Morgan fingerprint density at radius 2 is 2.07 bits per heavy atom. The van der Waals surface area contributed by atoms with Crippen LogP contribution in [0.2, 0.25) is 19.3 Å². The van der Waals surface area contributed by atoms with Crippen molar-refractivity contribution in [3.8, 4) is 0 Å². The predicted molar refractivity (Wildman–Crippen MR) is 66.8 cm³/mol. The molecule has 86 valence electrons. The molecule has 1 amide bonds. The van der Waals surface area contributed by atoms with Crippen LogP contribution in [0.5, 0.6) is 0 Å². The topological polar surface area (TPSA) is 32.7 Å². The molecule has 0 atom stereocenters. The van der Waals surface area contributed by atoms with E-state index in [4.69, 9.17) is 0 Å². The second-order valence-electron chi connectivity index (χ2n) is 5.63. The SMILES string of the molecule is CN(N=CCC1CC1)C(=O)[CH2][Sn]([CH3])([CH3])[CH3]. The zero-order valence-electron chi connectivity index (χ0n) is 10.3. The van der Waals surface area contributed by atoms with E-state index in [-0.39, 0.29) is 5.91 Å². The normalized spacial score (nSPS) is 17.1. The van der Waals surface area contributed by atoms with E-state index in [0.29, 0.717) is 0 Å². The van der Waals surface area contributed by atoms with Crippen molar-refractivity contribution in [2.75, 3.05) is 7.05 Å². The molecule has 0 bridgehead atoms. The summed E-state index contributed by atoms with van der Waals surface area (Å²) in [7, 11) is 1.77. The van der Waals surface area contributed by atoms with Crippen LogP contribution in [0.25, 0.3) is 0 Å². The van der Waals surface area contributed by atoms with Gasteiger partial charge in [0.15, 0.2) is 0 Å². The molecule has 0 saturated heterocycles. The number of rotatable bonds is 5. The van der Waals surface area contributed by atoms with Gasteiger partial charge in [-0.15, -0.1) is 0 Å². The van der Waals surface area contributed by atoms with Gasteiger partial charge in [0, 0.05) is 0 Å². The molecule has 0 aromatic rings. The third-order valence-electron chi connectivity index (χ3n) is 2.43.